The van der Waals surface area contributed by atoms with E-state index < -0.39 is 17.9 Å². The molecule has 1 heterocycles. The Morgan fingerprint density at radius 1 is 1.42 bits per heavy atom. The van der Waals surface area contributed by atoms with Crippen molar-refractivity contribution in [3.8, 4) is 5.75 Å². The number of hydrogen-bond acceptors (Lipinski definition) is 4. The molecule has 1 aromatic carbocycles. The maximum atomic E-state index is 12.7. The molecule has 0 spiro atoms. The summed E-state index contributed by atoms with van der Waals surface area (Å²) in [5.41, 5.74) is 0.857. The number of hydrogen-bond donors (Lipinski definition) is 2. The van der Waals surface area contributed by atoms with Gasteiger partial charge < -0.3 is 20.1 Å². The molecule has 1 fully saturated rings. The second kappa shape index (κ2) is 7.81. The zero-order chi connectivity index (χ0) is 17.7. The van der Waals surface area contributed by atoms with Crippen molar-refractivity contribution in [1.82, 2.24) is 10.2 Å². The van der Waals surface area contributed by atoms with Crippen molar-refractivity contribution in [3.63, 3.8) is 0 Å². The third kappa shape index (κ3) is 4.47. The van der Waals surface area contributed by atoms with E-state index in [9.17, 15) is 14.4 Å². The quantitative estimate of drug-likeness (QED) is 0.797. The van der Waals surface area contributed by atoms with E-state index in [4.69, 9.17) is 9.84 Å². The lowest BCUT2D eigenvalue weighted by Gasteiger charge is -2.24. The number of nitrogens with zero attached hydrogens (tertiary/aromatic N) is 1. The maximum absolute atomic E-state index is 12.7. The molecule has 0 saturated carbocycles. The van der Waals surface area contributed by atoms with E-state index in [0.29, 0.717) is 25.1 Å². The summed E-state index contributed by atoms with van der Waals surface area (Å²) in [5, 5.41) is 11.7. The predicted octanol–water partition coefficient (Wildman–Crippen LogP) is 0.675. The highest BCUT2D eigenvalue weighted by Gasteiger charge is 2.34. The third-order valence-corrected chi connectivity index (χ3v) is 4.10. The molecule has 0 bridgehead atoms. The molecule has 2 amide bonds. The number of carboxylic acid groups (broad SMARTS) is 1. The van der Waals surface area contributed by atoms with Gasteiger partial charge in [-0.25, -0.2) is 0 Å². The Morgan fingerprint density at radius 3 is 2.75 bits per heavy atom. The third-order valence-electron chi connectivity index (χ3n) is 4.10. The van der Waals surface area contributed by atoms with E-state index in [2.05, 4.69) is 5.32 Å². The normalized spacial score (nSPS) is 18.1. The van der Waals surface area contributed by atoms with E-state index in [1.807, 2.05) is 18.2 Å². The average Bonchev–Trinajstić information content (AvgIpc) is 3.03. The minimum absolute atomic E-state index is 0.183. The highest BCUT2D eigenvalue weighted by atomic mass is 16.5. The van der Waals surface area contributed by atoms with Gasteiger partial charge in [0.1, 0.15) is 11.8 Å². The number of carboxylic acids is 1. The molecule has 0 aliphatic carbocycles. The Labute approximate surface area is 140 Å². The van der Waals surface area contributed by atoms with Crippen LogP contribution in [-0.4, -0.2) is 54.0 Å². The summed E-state index contributed by atoms with van der Waals surface area (Å²) < 4.78 is 5.17. The van der Waals surface area contributed by atoms with Gasteiger partial charge in [0.2, 0.25) is 11.8 Å². The van der Waals surface area contributed by atoms with Crippen LogP contribution in [0.3, 0.4) is 0 Å². The average molecular weight is 334 g/mol. The number of likely N-dealkylation sites (tertiary alicyclic amines) is 1. The first-order valence-electron chi connectivity index (χ1n) is 7.82. The molecule has 7 nitrogen and oxygen atoms in total. The van der Waals surface area contributed by atoms with Gasteiger partial charge in [-0.3, -0.25) is 14.4 Å². The number of carbonyl (C=O) groups is 3. The van der Waals surface area contributed by atoms with Crippen molar-refractivity contribution in [2.24, 2.45) is 5.92 Å². The smallest absolute Gasteiger partial charge is 0.308 e. The molecule has 1 aliphatic heterocycles. The van der Waals surface area contributed by atoms with Gasteiger partial charge in [0.15, 0.2) is 0 Å². The van der Waals surface area contributed by atoms with Crippen molar-refractivity contribution in [2.45, 2.75) is 25.8 Å². The number of nitrogens with one attached hydrogen (secondary N) is 1. The fraction of sp³-hybridized carbons (Fsp3) is 0.471. The molecule has 0 aromatic heterocycles. The number of aliphatic carboxylic acids is 1. The van der Waals surface area contributed by atoms with Gasteiger partial charge in [0.05, 0.1) is 13.0 Å². The summed E-state index contributed by atoms with van der Waals surface area (Å²) in [6.07, 6.45) is 0.761. The summed E-state index contributed by atoms with van der Waals surface area (Å²) in [5.74, 6) is -1.31. The predicted molar refractivity (Wildman–Crippen MR) is 86.6 cm³/mol. The lowest BCUT2D eigenvalue weighted by Crippen LogP contribution is -2.48. The molecule has 2 N–H and O–H groups in total. The molecular weight excluding hydrogens is 312 g/mol. The summed E-state index contributed by atoms with van der Waals surface area (Å²) in [7, 11) is 1.56. The van der Waals surface area contributed by atoms with Crippen LogP contribution in [0.4, 0.5) is 0 Å². The van der Waals surface area contributed by atoms with Crippen LogP contribution >= 0.6 is 0 Å². The first-order valence-corrected chi connectivity index (χ1v) is 7.82. The zero-order valence-corrected chi connectivity index (χ0v) is 13.8. The molecule has 2 atom stereocenters. The van der Waals surface area contributed by atoms with Crippen molar-refractivity contribution >= 4 is 17.8 Å². The maximum Gasteiger partial charge on any atom is 0.308 e. The fourth-order valence-corrected chi connectivity index (χ4v) is 2.86. The number of methoxy groups -OCH3 is 1. The fourth-order valence-electron chi connectivity index (χ4n) is 2.86. The van der Waals surface area contributed by atoms with Crippen LogP contribution < -0.4 is 10.1 Å². The van der Waals surface area contributed by atoms with Crippen LogP contribution in [0.2, 0.25) is 0 Å². The first kappa shape index (κ1) is 17.8. The summed E-state index contributed by atoms with van der Waals surface area (Å²) in [4.78, 5) is 36.7. The number of ether oxygens (including phenoxy) is 1. The highest BCUT2D eigenvalue weighted by molar-refractivity contribution is 5.88. The van der Waals surface area contributed by atoms with E-state index in [1.54, 1.807) is 13.2 Å². The van der Waals surface area contributed by atoms with Crippen molar-refractivity contribution < 1.29 is 24.2 Å². The highest BCUT2D eigenvalue weighted by Crippen LogP contribution is 2.19. The van der Waals surface area contributed by atoms with E-state index in [-0.39, 0.29) is 18.4 Å². The van der Waals surface area contributed by atoms with Gasteiger partial charge in [-0.2, -0.15) is 0 Å². The Balaban J connectivity index is 2.11. The van der Waals surface area contributed by atoms with Crippen LogP contribution in [0.5, 0.6) is 5.75 Å². The van der Waals surface area contributed by atoms with Gasteiger partial charge in [-0.15, -0.1) is 0 Å². The second-order valence-corrected chi connectivity index (χ2v) is 5.92. The molecule has 1 aromatic rings. The molecule has 7 heteroatoms. The van der Waals surface area contributed by atoms with Crippen LogP contribution in [0.25, 0.3) is 0 Å². The monoisotopic (exact) mass is 334 g/mol. The molecule has 0 radical (unpaired) electrons. The summed E-state index contributed by atoms with van der Waals surface area (Å²) >= 11 is 0. The molecule has 2 rings (SSSR count). The number of benzene rings is 1. The van der Waals surface area contributed by atoms with Gasteiger partial charge in [-0.05, 0) is 24.1 Å². The van der Waals surface area contributed by atoms with Gasteiger partial charge in [0, 0.05) is 26.4 Å². The minimum atomic E-state index is -0.894. The van der Waals surface area contributed by atoms with E-state index in [1.165, 1.54) is 11.8 Å². The SMILES string of the molecule is COc1cccc(C[C@@H](NC(C)=O)C(=O)N2CC[C@H](C(=O)O)C2)c1. The van der Waals surface area contributed by atoms with Crippen LogP contribution in [0.1, 0.15) is 18.9 Å². The van der Waals surface area contributed by atoms with E-state index in [0.717, 1.165) is 5.56 Å². The van der Waals surface area contributed by atoms with Crippen LogP contribution in [-0.2, 0) is 20.8 Å². The molecule has 130 valence electrons. The minimum Gasteiger partial charge on any atom is -0.497 e. The molecule has 24 heavy (non-hydrogen) atoms. The first-order chi connectivity index (χ1) is 11.4. The largest absolute Gasteiger partial charge is 0.497 e. The second-order valence-electron chi connectivity index (χ2n) is 5.92. The lowest BCUT2D eigenvalue weighted by atomic mass is 10.0. The summed E-state index contributed by atoms with van der Waals surface area (Å²) in [6.45, 7) is 1.93. The molecule has 1 saturated heterocycles. The topological polar surface area (TPSA) is 95.9 Å². The Morgan fingerprint density at radius 2 is 2.17 bits per heavy atom. The Kier molecular flexibility index (Phi) is 5.78. The van der Waals surface area contributed by atoms with Crippen molar-refractivity contribution in [1.29, 1.82) is 0 Å². The molecule has 0 unspecified atom stereocenters. The Bertz CT molecular complexity index is 631. The number of amides is 2. The Hall–Kier alpha value is -2.57. The van der Waals surface area contributed by atoms with Gasteiger partial charge >= 0.3 is 5.97 Å². The molecule has 1 aliphatic rings. The van der Waals surface area contributed by atoms with Crippen molar-refractivity contribution in [2.75, 3.05) is 20.2 Å². The number of rotatable bonds is 6. The standard InChI is InChI=1S/C17H22N2O5/c1-11(20)18-15(9-12-4-3-5-14(8-12)24-2)16(21)19-7-6-13(10-19)17(22)23/h3-5,8,13,15H,6-7,9-10H2,1-2H3,(H,18,20)(H,22,23)/t13-,15+/m0/s1. The van der Waals surface area contributed by atoms with Gasteiger partial charge in [0.25, 0.3) is 0 Å². The van der Waals surface area contributed by atoms with Crippen LogP contribution in [0, 0.1) is 5.92 Å². The van der Waals surface area contributed by atoms with Crippen molar-refractivity contribution in [3.05, 3.63) is 29.8 Å². The van der Waals surface area contributed by atoms with Gasteiger partial charge in [-0.1, -0.05) is 12.1 Å². The summed E-state index contributed by atoms with van der Waals surface area (Å²) in [6, 6.07) is 6.57. The van der Waals surface area contributed by atoms with E-state index >= 15 is 0 Å². The lowest BCUT2D eigenvalue weighted by molar-refractivity contribution is -0.141. The zero-order valence-electron chi connectivity index (χ0n) is 13.8. The van der Waals surface area contributed by atoms with Crippen LogP contribution in [0.15, 0.2) is 24.3 Å². The molecular formula is C17H22N2O5. The number of carbonyl (C=O) groups excluding carboxylic acids is 2.